The van der Waals surface area contributed by atoms with E-state index in [2.05, 4.69) is 11.8 Å². The third-order valence-corrected chi connectivity index (χ3v) is 9.19. The molecule has 0 spiro atoms. The van der Waals surface area contributed by atoms with Crippen LogP contribution >= 0.6 is 12.2 Å². The average molecular weight is 544 g/mol. The van der Waals surface area contributed by atoms with E-state index >= 15 is 0 Å². The van der Waals surface area contributed by atoms with Gasteiger partial charge in [-0.2, -0.15) is 0 Å². The number of benzene rings is 1. The first-order valence-electron chi connectivity index (χ1n) is 16.2. The average Bonchev–Trinajstić information content (AvgIpc) is 3.76. The van der Waals surface area contributed by atoms with Gasteiger partial charge in [-0.1, -0.05) is 140 Å². The number of Topliss-reactive ketones (excluding diaryl/α,β-unsaturated/α-hetero) is 1. The van der Waals surface area contributed by atoms with Crippen molar-refractivity contribution in [2.75, 3.05) is 6.54 Å². The van der Waals surface area contributed by atoms with E-state index in [4.69, 9.17) is 12.2 Å². The third kappa shape index (κ3) is 11.1. The molecule has 1 aromatic carbocycles. The molecule has 214 valence electrons. The van der Waals surface area contributed by atoms with Crippen LogP contribution in [0.2, 0.25) is 0 Å². The van der Waals surface area contributed by atoms with E-state index in [0.717, 1.165) is 37.2 Å². The zero-order chi connectivity index (χ0) is 27.0. The Balaban J connectivity index is 1.22. The molecule has 0 N–H and O–H groups in total. The molecule has 2 nitrogen and oxygen atoms in total. The lowest BCUT2D eigenvalue weighted by atomic mass is 9.88. The highest BCUT2D eigenvalue weighted by atomic mass is 32.1. The van der Waals surface area contributed by atoms with E-state index < -0.39 is 6.04 Å². The first-order chi connectivity index (χ1) is 18.6. The van der Waals surface area contributed by atoms with Gasteiger partial charge in [-0.05, 0) is 37.7 Å². The molecule has 1 saturated heterocycles. The maximum Gasteiger partial charge on any atom is 0.162 e. The Morgan fingerprint density at radius 3 is 1.87 bits per heavy atom. The molecule has 2 atom stereocenters. The maximum absolute atomic E-state index is 14.7. The van der Waals surface area contributed by atoms with Crippen LogP contribution in [-0.2, 0) is 4.79 Å². The summed E-state index contributed by atoms with van der Waals surface area (Å²) >= 11 is 5.82. The van der Waals surface area contributed by atoms with Gasteiger partial charge in [-0.25, -0.2) is 4.39 Å². The number of likely N-dealkylation sites (tertiary alicyclic amines) is 1. The summed E-state index contributed by atoms with van der Waals surface area (Å²) in [4.78, 5) is 16.1. The number of nitrogens with zero attached hydrogens (tertiary/aromatic N) is 1. The fraction of sp³-hybridized carbons (Fsp3) is 0.765. The van der Waals surface area contributed by atoms with Crippen molar-refractivity contribution in [3.8, 4) is 0 Å². The van der Waals surface area contributed by atoms with Crippen molar-refractivity contribution in [1.82, 2.24) is 4.90 Å². The standard InChI is InChI=1S/C34H54FNOS/c1-2-3-4-5-6-7-8-9-10-11-12-13-14-15-16-17-20-28-25-26-36(32(38)27-28)33(34(37)29-23-24-29)30-21-18-19-22-31(30)35/h18-19,21-22,28-29,33H,2-17,20,23-27H2,1H3. The third-order valence-electron chi connectivity index (χ3n) is 8.79. The first-order valence-corrected chi connectivity index (χ1v) is 16.6. The van der Waals surface area contributed by atoms with Gasteiger partial charge in [0.2, 0.25) is 0 Å². The number of carbonyl (C=O) groups is 1. The van der Waals surface area contributed by atoms with Crippen LogP contribution in [0.5, 0.6) is 0 Å². The number of hydrogen-bond acceptors (Lipinski definition) is 2. The predicted molar refractivity (Wildman–Crippen MR) is 163 cm³/mol. The van der Waals surface area contributed by atoms with Crippen LogP contribution in [-0.4, -0.2) is 22.2 Å². The summed E-state index contributed by atoms with van der Waals surface area (Å²) in [5, 5.41) is 0. The molecular formula is C34H54FNOS. The smallest absolute Gasteiger partial charge is 0.162 e. The molecule has 38 heavy (non-hydrogen) atoms. The van der Waals surface area contributed by atoms with E-state index in [1.165, 1.54) is 115 Å². The van der Waals surface area contributed by atoms with E-state index in [1.807, 2.05) is 6.07 Å². The van der Waals surface area contributed by atoms with Crippen LogP contribution in [0, 0.1) is 17.7 Å². The van der Waals surface area contributed by atoms with Crippen molar-refractivity contribution in [3.63, 3.8) is 0 Å². The molecular weight excluding hydrogens is 489 g/mol. The molecule has 1 aliphatic heterocycles. The number of thiocarbonyl (C=S) groups is 1. The Kier molecular flexibility index (Phi) is 14.9. The molecule has 4 heteroatoms. The molecule has 1 saturated carbocycles. The molecule has 0 radical (unpaired) electrons. The van der Waals surface area contributed by atoms with Crippen LogP contribution in [0.1, 0.15) is 153 Å². The van der Waals surface area contributed by atoms with Crippen molar-refractivity contribution >= 4 is 23.0 Å². The second-order valence-corrected chi connectivity index (χ2v) is 12.6. The van der Waals surface area contributed by atoms with Crippen molar-refractivity contribution in [2.45, 2.75) is 148 Å². The zero-order valence-corrected chi connectivity index (χ0v) is 25.1. The van der Waals surface area contributed by atoms with Crippen LogP contribution in [0.3, 0.4) is 0 Å². The monoisotopic (exact) mass is 543 g/mol. The first kappa shape index (κ1) is 31.2. The number of piperidine rings is 1. The Hall–Kier alpha value is -1.29. The van der Waals surface area contributed by atoms with E-state index in [9.17, 15) is 9.18 Å². The van der Waals surface area contributed by atoms with Gasteiger partial charge in [0.25, 0.3) is 0 Å². The molecule has 0 amide bonds. The Labute approximate surface area is 238 Å². The number of unbranched alkanes of at least 4 members (excludes halogenated alkanes) is 15. The van der Waals surface area contributed by atoms with Crippen molar-refractivity contribution in [3.05, 3.63) is 35.6 Å². The number of hydrogen-bond donors (Lipinski definition) is 0. The van der Waals surface area contributed by atoms with Crippen molar-refractivity contribution in [1.29, 1.82) is 0 Å². The lowest BCUT2D eigenvalue weighted by Gasteiger charge is -2.39. The fourth-order valence-electron chi connectivity index (χ4n) is 6.18. The van der Waals surface area contributed by atoms with E-state index in [0.29, 0.717) is 11.5 Å². The van der Waals surface area contributed by atoms with Gasteiger partial charge in [0, 0.05) is 24.4 Å². The zero-order valence-electron chi connectivity index (χ0n) is 24.2. The second-order valence-electron chi connectivity index (χ2n) is 12.1. The van der Waals surface area contributed by atoms with Gasteiger partial charge < -0.3 is 4.90 Å². The minimum absolute atomic E-state index is 0.0882. The molecule has 2 unspecified atom stereocenters. The molecule has 1 aliphatic carbocycles. The quantitative estimate of drug-likeness (QED) is 0.114. The lowest BCUT2D eigenvalue weighted by Crippen LogP contribution is -2.44. The maximum atomic E-state index is 14.7. The van der Waals surface area contributed by atoms with Gasteiger partial charge in [-0.3, -0.25) is 4.79 Å². The van der Waals surface area contributed by atoms with Gasteiger partial charge in [0.1, 0.15) is 11.9 Å². The van der Waals surface area contributed by atoms with Gasteiger partial charge in [0.05, 0.1) is 4.99 Å². The highest BCUT2D eigenvalue weighted by Gasteiger charge is 2.41. The molecule has 0 aromatic heterocycles. The minimum atomic E-state index is -0.535. The van der Waals surface area contributed by atoms with Crippen LogP contribution in [0.15, 0.2) is 24.3 Å². The van der Waals surface area contributed by atoms with Crippen LogP contribution < -0.4 is 0 Å². The minimum Gasteiger partial charge on any atom is -0.352 e. The topological polar surface area (TPSA) is 20.3 Å². The Morgan fingerprint density at radius 1 is 0.842 bits per heavy atom. The number of carbonyl (C=O) groups excluding carboxylic acids is 1. The summed E-state index contributed by atoms with van der Waals surface area (Å²) in [6.07, 6.45) is 27.4. The highest BCUT2D eigenvalue weighted by molar-refractivity contribution is 7.80. The van der Waals surface area contributed by atoms with Crippen LogP contribution in [0.25, 0.3) is 0 Å². The number of halogens is 1. The van der Waals surface area contributed by atoms with Gasteiger partial charge in [0.15, 0.2) is 5.78 Å². The summed E-state index contributed by atoms with van der Waals surface area (Å²) in [6, 6.07) is 6.23. The summed E-state index contributed by atoms with van der Waals surface area (Å²) in [6.45, 7) is 3.06. The molecule has 2 aliphatic rings. The van der Waals surface area contributed by atoms with E-state index in [-0.39, 0.29) is 17.5 Å². The summed E-state index contributed by atoms with van der Waals surface area (Å²) in [5.41, 5.74) is 0.503. The normalized spacial score (nSPS) is 18.6. The fourth-order valence-corrected chi connectivity index (χ4v) is 6.61. The molecule has 3 rings (SSSR count). The van der Waals surface area contributed by atoms with E-state index in [1.54, 1.807) is 12.1 Å². The molecule has 1 heterocycles. The van der Waals surface area contributed by atoms with Crippen molar-refractivity contribution < 1.29 is 9.18 Å². The Bertz CT molecular complexity index is 822. The molecule has 2 fully saturated rings. The number of rotatable bonds is 21. The number of ketones is 1. The molecule has 0 bridgehead atoms. The second kappa shape index (κ2) is 18.1. The largest absolute Gasteiger partial charge is 0.352 e. The summed E-state index contributed by atoms with van der Waals surface area (Å²) in [5.74, 6) is 0.575. The van der Waals surface area contributed by atoms with Gasteiger partial charge >= 0.3 is 0 Å². The van der Waals surface area contributed by atoms with Crippen LogP contribution in [0.4, 0.5) is 4.39 Å². The van der Waals surface area contributed by atoms with Gasteiger partial charge in [-0.15, -0.1) is 0 Å². The lowest BCUT2D eigenvalue weighted by molar-refractivity contribution is -0.124. The SMILES string of the molecule is CCCCCCCCCCCCCCCCCCC1CCN(C(C(=O)C2CC2)c2ccccc2F)C(=S)C1. The summed E-state index contributed by atoms with van der Waals surface area (Å²) in [7, 11) is 0. The molecule has 1 aromatic rings. The summed E-state index contributed by atoms with van der Waals surface area (Å²) < 4.78 is 14.7. The Morgan fingerprint density at radius 2 is 1.37 bits per heavy atom. The van der Waals surface area contributed by atoms with Crippen molar-refractivity contribution in [2.24, 2.45) is 11.8 Å². The highest BCUT2D eigenvalue weighted by Crippen LogP contribution is 2.40. The predicted octanol–water partition coefficient (Wildman–Crippen LogP) is 10.5.